The Balaban J connectivity index is 2.08. The first-order valence-corrected chi connectivity index (χ1v) is 7.29. The Morgan fingerprint density at radius 2 is 1.91 bits per heavy atom. The number of methoxy groups -OCH3 is 1. The molecule has 0 heterocycles. The van der Waals surface area contributed by atoms with Crippen LogP contribution in [0.2, 0.25) is 0 Å². The summed E-state index contributed by atoms with van der Waals surface area (Å²) >= 11 is 0. The second-order valence-corrected chi connectivity index (χ2v) is 5.26. The lowest BCUT2D eigenvalue weighted by Gasteiger charge is -2.11. The van der Waals surface area contributed by atoms with Crippen LogP contribution in [0.15, 0.2) is 42.5 Å². The third-order valence-electron chi connectivity index (χ3n) is 3.32. The van der Waals surface area contributed by atoms with Crippen molar-refractivity contribution in [2.75, 3.05) is 12.4 Å². The second-order valence-electron chi connectivity index (χ2n) is 5.26. The number of hydrogen-bond acceptors (Lipinski definition) is 3. The number of amides is 2. The van der Waals surface area contributed by atoms with Crippen molar-refractivity contribution in [3.8, 4) is 5.75 Å². The van der Waals surface area contributed by atoms with Crippen LogP contribution >= 0.6 is 0 Å². The molecule has 0 atom stereocenters. The third kappa shape index (κ3) is 4.57. The highest BCUT2D eigenvalue weighted by Crippen LogP contribution is 2.19. The van der Waals surface area contributed by atoms with E-state index in [-0.39, 0.29) is 11.8 Å². The van der Waals surface area contributed by atoms with Crippen molar-refractivity contribution < 1.29 is 14.3 Å². The lowest BCUT2D eigenvalue weighted by Crippen LogP contribution is -2.23. The van der Waals surface area contributed by atoms with Crippen molar-refractivity contribution in [3.05, 3.63) is 59.2 Å². The summed E-state index contributed by atoms with van der Waals surface area (Å²) in [4.78, 5) is 23.4. The molecule has 0 aliphatic heterocycles. The number of hydrogen-bond donors (Lipinski definition) is 2. The Kier molecular flexibility index (Phi) is 5.36. The minimum atomic E-state index is -0.208. The quantitative estimate of drug-likeness (QED) is 0.892. The lowest BCUT2D eigenvalue weighted by atomic mass is 10.1. The van der Waals surface area contributed by atoms with Gasteiger partial charge >= 0.3 is 0 Å². The molecule has 0 spiro atoms. The predicted molar refractivity (Wildman–Crippen MR) is 89.6 cm³/mol. The van der Waals surface area contributed by atoms with Gasteiger partial charge in [0.15, 0.2) is 0 Å². The van der Waals surface area contributed by atoms with Gasteiger partial charge in [0.2, 0.25) is 5.91 Å². The van der Waals surface area contributed by atoms with Gasteiger partial charge < -0.3 is 15.4 Å². The molecule has 0 bridgehead atoms. The van der Waals surface area contributed by atoms with Crippen LogP contribution in [0, 0.1) is 6.92 Å². The van der Waals surface area contributed by atoms with E-state index in [1.165, 1.54) is 6.92 Å². The van der Waals surface area contributed by atoms with E-state index in [0.717, 1.165) is 16.9 Å². The van der Waals surface area contributed by atoms with Crippen molar-refractivity contribution in [2.45, 2.75) is 20.4 Å². The summed E-state index contributed by atoms with van der Waals surface area (Å²) in [7, 11) is 1.60. The molecule has 5 heteroatoms. The van der Waals surface area contributed by atoms with Crippen molar-refractivity contribution in [2.24, 2.45) is 0 Å². The Morgan fingerprint density at radius 3 is 2.61 bits per heavy atom. The van der Waals surface area contributed by atoms with E-state index in [4.69, 9.17) is 4.74 Å². The number of rotatable bonds is 5. The van der Waals surface area contributed by atoms with Crippen LogP contribution in [-0.2, 0) is 11.3 Å². The van der Waals surface area contributed by atoms with Gasteiger partial charge in [0.1, 0.15) is 5.75 Å². The van der Waals surface area contributed by atoms with Crippen molar-refractivity contribution in [1.82, 2.24) is 5.32 Å². The van der Waals surface area contributed by atoms with Gasteiger partial charge in [-0.1, -0.05) is 23.8 Å². The fourth-order valence-electron chi connectivity index (χ4n) is 2.26. The van der Waals surface area contributed by atoms with Gasteiger partial charge in [-0.25, -0.2) is 0 Å². The van der Waals surface area contributed by atoms with E-state index < -0.39 is 0 Å². The highest BCUT2D eigenvalue weighted by molar-refractivity contribution is 5.96. The number of aryl methyl sites for hydroxylation is 1. The summed E-state index contributed by atoms with van der Waals surface area (Å²) in [6, 6.07) is 12.6. The van der Waals surface area contributed by atoms with Crippen molar-refractivity contribution >= 4 is 17.5 Å². The third-order valence-corrected chi connectivity index (χ3v) is 3.32. The van der Waals surface area contributed by atoms with Crippen LogP contribution < -0.4 is 15.4 Å². The average molecular weight is 312 g/mol. The van der Waals surface area contributed by atoms with Gasteiger partial charge in [0.25, 0.3) is 5.91 Å². The van der Waals surface area contributed by atoms with Gasteiger partial charge in [-0.2, -0.15) is 0 Å². The highest BCUT2D eigenvalue weighted by Gasteiger charge is 2.09. The molecule has 2 N–H and O–H groups in total. The van der Waals surface area contributed by atoms with Gasteiger partial charge in [0, 0.05) is 30.3 Å². The van der Waals surface area contributed by atoms with E-state index in [9.17, 15) is 9.59 Å². The normalized spacial score (nSPS) is 10.0. The van der Waals surface area contributed by atoms with Crippen molar-refractivity contribution in [3.63, 3.8) is 0 Å². The predicted octanol–water partition coefficient (Wildman–Crippen LogP) is 2.89. The first kappa shape index (κ1) is 16.5. The lowest BCUT2D eigenvalue weighted by molar-refractivity contribution is -0.114. The second kappa shape index (κ2) is 7.45. The minimum Gasteiger partial charge on any atom is -0.496 e. The zero-order chi connectivity index (χ0) is 16.8. The molecular weight excluding hydrogens is 292 g/mol. The van der Waals surface area contributed by atoms with Crippen molar-refractivity contribution in [1.29, 1.82) is 0 Å². The molecule has 23 heavy (non-hydrogen) atoms. The van der Waals surface area contributed by atoms with Gasteiger partial charge in [-0.15, -0.1) is 0 Å². The van der Waals surface area contributed by atoms with E-state index in [1.807, 2.05) is 25.1 Å². The maximum Gasteiger partial charge on any atom is 0.251 e. The molecule has 0 aliphatic rings. The zero-order valence-electron chi connectivity index (χ0n) is 13.5. The maximum absolute atomic E-state index is 12.3. The van der Waals surface area contributed by atoms with Gasteiger partial charge in [-0.3, -0.25) is 9.59 Å². The molecule has 0 aromatic heterocycles. The standard InChI is InChI=1S/C18H20N2O3/c1-12-7-8-17(23-3)15(9-12)11-19-18(22)14-5-4-6-16(10-14)20-13(2)21/h4-10H,11H2,1-3H3,(H,19,22)(H,20,21). The summed E-state index contributed by atoms with van der Waals surface area (Å²) in [5.74, 6) is 0.357. The SMILES string of the molecule is COc1ccc(C)cc1CNC(=O)c1cccc(NC(C)=O)c1. The molecule has 120 valence electrons. The minimum absolute atomic E-state index is 0.174. The Bertz CT molecular complexity index is 726. The molecular formula is C18H20N2O3. The molecule has 0 aliphatic carbocycles. The number of nitrogens with one attached hydrogen (secondary N) is 2. The first-order valence-electron chi connectivity index (χ1n) is 7.29. The Morgan fingerprint density at radius 1 is 1.13 bits per heavy atom. The highest BCUT2D eigenvalue weighted by atomic mass is 16.5. The molecule has 2 rings (SSSR count). The number of carbonyl (C=O) groups excluding carboxylic acids is 2. The zero-order valence-corrected chi connectivity index (χ0v) is 13.5. The van der Waals surface area contributed by atoms with E-state index >= 15 is 0 Å². The molecule has 0 radical (unpaired) electrons. The number of carbonyl (C=O) groups is 2. The number of benzene rings is 2. The van der Waals surface area contributed by atoms with E-state index in [1.54, 1.807) is 31.4 Å². The smallest absolute Gasteiger partial charge is 0.251 e. The molecule has 0 saturated heterocycles. The molecule has 5 nitrogen and oxygen atoms in total. The van der Waals surface area contributed by atoms with Crippen LogP contribution in [0.5, 0.6) is 5.75 Å². The molecule has 0 saturated carbocycles. The monoisotopic (exact) mass is 312 g/mol. The molecule has 0 unspecified atom stereocenters. The van der Waals surface area contributed by atoms with Crippen LogP contribution in [0.1, 0.15) is 28.4 Å². The topological polar surface area (TPSA) is 67.4 Å². The summed E-state index contributed by atoms with van der Waals surface area (Å²) in [5.41, 5.74) is 3.10. The average Bonchev–Trinajstić information content (AvgIpc) is 2.52. The summed E-state index contributed by atoms with van der Waals surface area (Å²) in [5, 5.41) is 5.53. The number of anilines is 1. The Hall–Kier alpha value is -2.82. The largest absolute Gasteiger partial charge is 0.496 e. The maximum atomic E-state index is 12.3. The van der Waals surface area contributed by atoms with E-state index in [0.29, 0.717) is 17.8 Å². The van der Waals surface area contributed by atoms with Crippen LogP contribution in [-0.4, -0.2) is 18.9 Å². The molecule has 0 fully saturated rings. The Labute approximate surface area is 135 Å². The molecule has 2 amide bonds. The first-order chi connectivity index (χ1) is 11.0. The molecule has 2 aromatic carbocycles. The number of ether oxygens (including phenoxy) is 1. The van der Waals surface area contributed by atoms with E-state index in [2.05, 4.69) is 10.6 Å². The van der Waals surface area contributed by atoms with Gasteiger partial charge in [0.05, 0.1) is 7.11 Å². The summed E-state index contributed by atoms with van der Waals surface area (Å²) in [6.45, 7) is 3.78. The van der Waals surface area contributed by atoms with Crippen LogP contribution in [0.4, 0.5) is 5.69 Å². The fraction of sp³-hybridized carbons (Fsp3) is 0.222. The summed E-state index contributed by atoms with van der Waals surface area (Å²) < 4.78 is 5.30. The van der Waals surface area contributed by atoms with Crippen LogP contribution in [0.3, 0.4) is 0 Å². The fourth-order valence-corrected chi connectivity index (χ4v) is 2.26. The summed E-state index contributed by atoms with van der Waals surface area (Å²) in [6.07, 6.45) is 0. The molecule has 2 aromatic rings. The van der Waals surface area contributed by atoms with Gasteiger partial charge in [-0.05, 0) is 31.2 Å². The van der Waals surface area contributed by atoms with Crippen LogP contribution in [0.25, 0.3) is 0 Å².